The van der Waals surface area contributed by atoms with E-state index < -0.39 is 0 Å². The first-order valence-corrected chi connectivity index (χ1v) is 11.4. The van der Waals surface area contributed by atoms with Gasteiger partial charge in [0.2, 0.25) is 0 Å². The molecule has 33 heavy (non-hydrogen) atoms. The first kappa shape index (κ1) is 23.2. The number of hydrogen-bond donors (Lipinski definition) is 0. The van der Waals surface area contributed by atoms with E-state index in [0.717, 1.165) is 45.3 Å². The van der Waals surface area contributed by atoms with Crippen LogP contribution in [0.5, 0.6) is 23.0 Å². The van der Waals surface area contributed by atoms with Crippen molar-refractivity contribution in [2.45, 2.75) is 65.0 Å². The van der Waals surface area contributed by atoms with Gasteiger partial charge in [0.1, 0.15) is 34.2 Å². The van der Waals surface area contributed by atoms with Crippen LogP contribution in [0, 0.1) is 0 Å². The Hall–Kier alpha value is -2.92. The molecule has 0 aromatic heterocycles. The number of methoxy groups -OCH3 is 2. The fourth-order valence-electron chi connectivity index (χ4n) is 4.29. The molecule has 5 nitrogen and oxygen atoms in total. The van der Waals surface area contributed by atoms with E-state index in [1.54, 1.807) is 14.2 Å². The molecule has 4 rings (SSSR count). The second kappa shape index (κ2) is 8.45. The first-order valence-electron chi connectivity index (χ1n) is 11.4. The molecule has 2 atom stereocenters. The van der Waals surface area contributed by atoms with Gasteiger partial charge in [-0.1, -0.05) is 12.2 Å². The minimum absolute atomic E-state index is 0.213. The Morgan fingerprint density at radius 1 is 0.667 bits per heavy atom. The van der Waals surface area contributed by atoms with E-state index in [0.29, 0.717) is 0 Å². The van der Waals surface area contributed by atoms with Crippen molar-refractivity contribution >= 4 is 12.2 Å². The van der Waals surface area contributed by atoms with E-state index >= 15 is 0 Å². The van der Waals surface area contributed by atoms with Crippen molar-refractivity contribution in [3.05, 3.63) is 58.7 Å². The van der Waals surface area contributed by atoms with Gasteiger partial charge >= 0.3 is 0 Å². The van der Waals surface area contributed by atoms with Crippen LogP contribution in [-0.4, -0.2) is 25.4 Å². The van der Waals surface area contributed by atoms with Crippen molar-refractivity contribution in [3.63, 3.8) is 0 Å². The third kappa shape index (κ3) is 4.74. The molecular weight excluding hydrogens is 416 g/mol. The van der Waals surface area contributed by atoms with Crippen molar-refractivity contribution < 1.29 is 23.7 Å². The average molecular weight is 451 g/mol. The summed E-state index contributed by atoms with van der Waals surface area (Å²) >= 11 is 0. The molecule has 2 aromatic carbocycles. The van der Waals surface area contributed by atoms with Gasteiger partial charge < -0.3 is 23.7 Å². The van der Waals surface area contributed by atoms with Gasteiger partial charge in [-0.2, -0.15) is 0 Å². The summed E-state index contributed by atoms with van der Waals surface area (Å²) in [4.78, 5) is 0. The lowest BCUT2D eigenvalue weighted by molar-refractivity contribution is 0.00346. The monoisotopic (exact) mass is 450 g/mol. The molecule has 2 aromatic rings. The minimum Gasteiger partial charge on any atom is -0.496 e. The van der Waals surface area contributed by atoms with Crippen LogP contribution in [0.4, 0.5) is 0 Å². The molecule has 2 heterocycles. The van der Waals surface area contributed by atoms with Crippen LogP contribution in [0.3, 0.4) is 0 Å². The maximum absolute atomic E-state index is 6.48. The smallest absolute Gasteiger partial charge is 0.131 e. The van der Waals surface area contributed by atoms with Gasteiger partial charge in [0.25, 0.3) is 0 Å². The highest BCUT2D eigenvalue weighted by atomic mass is 16.5. The zero-order chi connectivity index (χ0) is 24.0. The molecule has 0 saturated carbocycles. The van der Waals surface area contributed by atoms with Crippen molar-refractivity contribution in [3.8, 4) is 23.0 Å². The lowest BCUT2D eigenvalue weighted by Crippen LogP contribution is -2.27. The standard InChI is InChI=1S/C28H34O5/c1-17(21-13-19-9-11-27(3,4)32-23(19)15-25(21)29-7)31-18(2)22-14-20-10-12-28(5,6)33-24(20)16-26(22)30-8/h9-18H,1-8H3/t17-,18?/m1/s1. The normalized spacial score (nSPS) is 18.9. The van der Waals surface area contributed by atoms with Gasteiger partial charge in [-0.15, -0.1) is 0 Å². The van der Waals surface area contributed by atoms with Gasteiger partial charge in [-0.25, -0.2) is 0 Å². The zero-order valence-electron chi connectivity index (χ0n) is 20.8. The Bertz CT molecular complexity index is 1020. The molecule has 0 amide bonds. The second-order valence-electron chi connectivity index (χ2n) is 9.76. The molecule has 0 spiro atoms. The Labute approximate surface area is 197 Å². The highest BCUT2D eigenvalue weighted by molar-refractivity contribution is 5.66. The van der Waals surface area contributed by atoms with Gasteiger partial charge in [-0.05, 0) is 65.8 Å². The highest BCUT2D eigenvalue weighted by Crippen LogP contribution is 2.43. The van der Waals surface area contributed by atoms with Crippen LogP contribution in [0.1, 0.15) is 76.0 Å². The fourth-order valence-corrected chi connectivity index (χ4v) is 4.29. The van der Waals surface area contributed by atoms with Crippen molar-refractivity contribution in [2.24, 2.45) is 0 Å². The van der Waals surface area contributed by atoms with Crippen LogP contribution < -0.4 is 18.9 Å². The zero-order valence-corrected chi connectivity index (χ0v) is 20.8. The predicted molar refractivity (Wildman–Crippen MR) is 131 cm³/mol. The summed E-state index contributed by atoms with van der Waals surface area (Å²) in [6, 6.07) is 8.06. The van der Waals surface area contributed by atoms with Crippen LogP contribution in [0.2, 0.25) is 0 Å². The molecule has 2 aliphatic rings. The predicted octanol–water partition coefficient (Wildman–Crippen LogP) is 6.91. The molecule has 176 valence electrons. The number of fused-ring (bicyclic) bond motifs is 2. The van der Waals surface area contributed by atoms with Crippen LogP contribution in [0.15, 0.2) is 36.4 Å². The SMILES string of the molecule is COc1cc2c(cc1C(C)O[C@H](C)c1cc3c(cc1OC)OC(C)(C)C=C3)C=CC(C)(C)O2. The van der Waals surface area contributed by atoms with Crippen molar-refractivity contribution in [1.29, 1.82) is 0 Å². The molecule has 2 aliphatic heterocycles. The lowest BCUT2D eigenvalue weighted by Gasteiger charge is -2.30. The third-order valence-electron chi connectivity index (χ3n) is 6.08. The van der Waals surface area contributed by atoms with Crippen LogP contribution in [-0.2, 0) is 4.74 Å². The lowest BCUT2D eigenvalue weighted by atomic mass is 9.97. The number of rotatable bonds is 6. The average Bonchev–Trinajstić information content (AvgIpc) is 2.75. The van der Waals surface area contributed by atoms with Gasteiger partial charge in [-0.3, -0.25) is 0 Å². The van der Waals surface area contributed by atoms with E-state index in [2.05, 4.69) is 36.4 Å². The van der Waals surface area contributed by atoms with E-state index in [-0.39, 0.29) is 23.4 Å². The Morgan fingerprint density at radius 3 is 1.42 bits per heavy atom. The molecule has 0 aliphatic carbocycles. The van der Waals surface area contributed by atoms with E-state index in [1.807, 2.05) is 53.7 Å². The number of hydrogen-bond acceptors (Lipinski definition) is 5. The van der Waals surface area contributed by atoms with Gasteiger partial charge in [0, 0.05) is 34.4 Å². The summed E-state index contributed by atoms with van der Waals surface area (Å²) in [5.74, 6) is 3.12. The molecular formula is C28H34O5. The molecule has 0 radical (unpaired) electrons. The van der Waals surface area contributed by atoms with Gasteiger partial charge in [0.15, 0.2) is 0 Å². The number of ether oxygens (including phenoxy) is 5. The molecule has 1 unspecified atom stereocenters. The van der Waals surface area contributed by atoms with E-state index in [4.69, 9.17) is 23.7 Å². The summed E-state index contributed by atoms with van der Waals surface area (Å²) in [5, 5.41) is 0. The summed E-state index contributed by atoms with van der Waals surface area (Å²) in [6.45, 7) is 12.2. The second-order valence-corrected chi connectivity index (χ2v) is 9.76. The Balaban J connectivity index is 1.61. The Morgan fingerprint density at radius 2 is 1.06 bits per heavy atom. The topological polar surface area (TPSA) is 46.2 Å². The largest absolute Gasteiger partial charge is 0.496 e. The fraction of sp³-hybridized carbons (Fsp3) is 0.429. The molecule has 5 heteroatoms. The molecule has 0 N–H and O–H groups in total. The highest BCUT2D eigenvalue weighted by Gasteiger charge is 2.27. The maximum Gasteiger partial charge on any atom is 0.131 e. The van der Waals surface area contributed by atoms with E-state index in [1.165, 1.54) is 0 Å². The molecule has 0 saturated heterocycles. The third-order valence-corrected chi connectivity index (χ3v) is 6.08. The van der Waals surface area contributed by atoms with Crippen LogP contribution >= 0.6 is 0 Å². The minimum atomic E-state index is -0.341. The van der Waals surface area contributed by atoms with E-state index in [9.17, 15) is 0 Å². The molecule has 0 bridgehead atoms. The van der Waals surface area contributed by atoms with Crippen LogP contribution in [0.25, 0.3) is 12.2 Å². The van der Waals surface area contributed by atoms with Gasteiger partial charge in [0.05, 0.1) is 26.4 Å². The summed E-state index contributed by atoms with van der Waals surface area (Å²) in [6.07, 6.45) is 7.89. The molecule has 0 fully saturated rings. The van der Waals surface area contributed by atoms with Crippen molar-refractivity contribution in [1.82, 2.24) is 0 Å². The first-order chi connectivity index (χ1) is 15.5. The number of benzene rings is 2. The van der Waals surface area contributed by atoms with Crippen molar-refractivity contribution in [2.75, 3.05) is 14.2 Å². The Kier molecular flexibility index (Phi) is 5.95. The maximum atomic E-state index is 6.48. The summed E-state index contributed by atoms with van der Waals surface area (Å²) in [7, 11) is 3.34. The summed E-state index contributed by atoms with van der Waals surface area (Å²) < 4.78 is 30.1. The summed E-state index contributed by atoms with van der Waals surface area (Å²) in [5.41, 5.74) is 3.30. The quantitative estimate of drug-likeness (QED) is 0.478.